The van der Waals surface area contributed by atoms with Crippen LogP contribution in [0.1, 0.15) is 109 Å². The molecule has 0 aromatic heterocycles. The molecule has 0 aliphatic heterocycles. The second-order valence-corrected chi connectivity index (χ2v) is 10.3. The summed E-state index contributed by atoms with van der Waals surface area (Å²) in [6.07, 6.45) is 17.2. The largest absolute Gasteiger partial charge is 0.508 e. The molecule has 1 nitrogen and oxygen atoms in total. The van der Waals surface area contributed by atoms with E-state index in [2.05, 4.69) is 33.8 Å². The molecule has 0 saturated heterocycles. The predicted octanol–water partition coefficient (Wildman–Crippen LogP) is 7.83. The van der Waals surface area contributed by atoms with E-state index in [1.807, 2.05) is 12.1 Å². The Morgan fingerprint density at radius 2 is 1.46 bits per heavy atom. The SMILES string of the molecule is CC(C)(C)CCCCCCc1ccc(O)cc1CCCCCC1(C)CC1. The summed E-state index contributed by atoms with van der Waals surface area (Å²) in [7, 11) is 0. The average molecular weight is 359 g/mol. The molecule has 1 aliphatic carbocycles. The molecule has 0 bridgehead atoms. The lowest BCUT2D eigenvalue weighted by Gasteiger charge is -2.17. The molecule has 0 atom stereocenters. The molecule has 0 amide bonds. The lowest BCUT2D eigenvalue weighted by Crippen LogP contribution is -2.04. The minimum atomic E-state index is 0.430. The molecule has 1 aliphatic rings. The highest BCUT2D eigenvalue weighted by Gasteiger charge is 2.35. The monoisotopic (exact) mass is 358 g/mol. The van der Waals surface area contributed by atoms with Crippen LogP contribution in [0.15, 0.2) is 18.2 Å². The molecule has 0 heterocycles. The van der Waals surface area contributed by atoms with E-state index in [1.165, 1.54) is 88.2 Å². The first-order valence-electron chi connectivity index (χ1n) is 11.1. The predicted molar refractivity (Wildman–Crippen MR) is 114 cm³/mol. The third-order valence-corrected chi connectivity index (χ3v) is 6.14. The standard InChI is InChI=1S/C25H42O/c1-24(2,3)16-10-6-5-8-12-21-14-15-23(26)20-22(21)13-9-7-11-17-25(4)18-19-25/h14-15,20,26H,5-13,16-19H2,1-4H3. The number of hydrogen-bond donors (Lipinski definition) is 1. The first-order chi connectivity index (χ1) is 12.3. The van der Waals surface area contributed by atoms with E-state index in [0.717, 1.165) is 6.42 Å². The Bertz CT molecular complexity index is 534. The van der Waals surface area contributed by atoms with E-state index in [1.54, 1.807) is 0 Å². The van der Waals surface area contributed by atoms with Crippen LogP contribution in [-0.2, 0) is 12.8 Å². The number of benzene rings is 1. The zero-order valence-electron chi connectivity index (χ0n) is 17.9. The van der Waals surface area contributed by atoms with Gasteiger partial charge in [0.2, 0.25) is 0 Å². The van der Waals surface area contributed by atoms with Crippen LogP contribution in [-0.4, -0.2) is 5.11 Å². The van der Waals surface area contributed by atoms with Gasteiger partial charge in [-0.2, -0.15) is 0 Å². The van der Waals surface area contributed by atoms with Gasteiger partial charge in [-0.1, -0.05) is 65.9 Å². The van der Waals surface area contributed by atoms with Crippen LogP contribution < -0.4 is 0 Å². The average Bonchev–Trinajstić information content (AvgIpc) is 3.28. The molecule has 0 spiro atoms. The van der Waals surface area contributed by atoms with E-state index < -0.39 is 0 Å². The molecule has 1 N–H and O–H groups in total. The van der Waals surface area contributed by atoms with Crippen LogP contribution in [0.25, 0.3) is 0 Å². The lowest BCUT2D eigenvalue weighted by molar-refractivity contribution is 0.357. The van der Waals surface area contributed by atoms with Gasteiger partial charge in [-0.3, -0.25) is 0 Å². The van der Waals surface area contributed by atoms with Crippen molar-refractivity contribution in [2.75, 3.05) is 0 Å². The zero-order chi connectivity index (χ0) is 19.0. The van der Waals surface area contributed by atoms with Crippen molar-refractivity contribution in [1.29, 1.82) is 0 Å². The van der Waals surface area contributed by atoms with Gasteiger partial charge in [-0.25, -0.2) is 0 Å². The molecule has 1 aromatic rings. The maximum Gasteiger partial charge on any atom is 0.115 e. The second-order valence-electron chi connectivity index (χ2n) is 10.3. The molecular weight excluding hydrogens is 316 g/mol. The van der Waals surface area contributed by atoms with Gasteiger partial charge in [0.25, 0.3) is 0 Å². The van der Waals surface area contributed by atoms with Crippen molar-refractivity contribution in [3.05, 3.63) is 29.3 Å². The molecule has 1 fully saturated rings. The molecule has 1 heteroatoms. The van der Waals surface area contributed by atoms with Crippen molar-refractivity contribution < 1.29 is 5.11 Å². The Labute approximate surface area is 162 Å². The van der Waals surface area contributed by atoms with Gasteiger partial charge in [-0.05, 0) is 85.5 Å². The van der Waals surface area contributed by atoms with E-state index in [-0.39, 0.29) is 0 Å². The maximum atomic E-state index is 9.87. The molecule has 1 aromatic carbocycles. The van der Waals surface area contributed by atoms with Crippen molar-refractivity contribution in [3.8, 4) is 5.75 Å². The smallest absolute Gasteiger partial charge is 0.115 e. The fourth-order valence-electron chi connectivity index (χ4n) is 3.92. The van der Waals surface area contributed by atoms with Gasteiger partial charge in [0.15, 0.2) is 0 Å². The number of aryl methyl sites for hydroxylation is 2. The Balaban J connectivity index is 1.67. The van der Waals surface area contributed by atoms with Crippen molar-refractivity contribution in [3.63, 3.8) is 0 Å². The van der Waals surface area contributed by atoms with E-state index in [0.29, 0.717) is 16.6 Å². The van der Waals surface area contributed by atoms with Crippen molar-refractivity contribution in [2.24, 2.45) is 10.8 Å². The summed E-state index contributed by atoms with van der Waals surface area (Å²) < 4.78 is 0. The first-order valence-corrected chi connectivity index (χ1v) is 11.1. The maximum absolute atomic E-state index is 9.87. The molecular formula is C25H42O. The first kappa shape index (κ1) is 21.3. The van der Waals surface area contributed by atoms with Crippen LogP contribution in [0.5, 0.6) is 5.75 Å². The Kier molecular flexibility index (Phi) is 8.05. The number of rotatable bonds is 12. The number of phenolic OH excluding ortho intramolecular Hbond substituents is 1. The normalized spacial score (nSPS) is 16.0. The summed E-state index contributed by atoms with van der Waals surface area (Å²) in [4.78, 5) is 0. The van der Waals surface area contributed by atoms with E-state index in [4.69, 9.17) is 0 Å². The highest BCUT2D eigenvalue weighted by Crippen LogP contribution is 2.49. The summed E-state index contributed by atoms with van der Waals surface area (Å²) in [6, 6.07) is 6.04. The van der Waals surface area contributed by atoms with Crippen LogP contribution in [0.2, 0.25) is 0 Å². The second kappa shape index (κ2) is 9.81. The van der Waals surface area contributed by atoms with Crippen LogP contribution in [0.3, 0.4) is 0 Å². The molecule has 0 radical (unpaired) electrons. The molecule has 0 unspecified atom stereocenters. The van der Waals surface area contributed by atoms with E-state index in [9.17, 15) is 5.11 Å². The van der Waals surface area contributed by atoms with Crippen molar-refractivity contribution >= 4 is 0 Å². The summed E-state index contributed by atoms with van der Waals surface area (Å²) in [6.45, 7) is 9.43. The summed E-state index contributed by atoms with van der Waals surface area (Å²) in [5.41, 5.74) is 4.02. The number of phenols is 1. The minimum absolute atomic E-state index is 0.430. The Morgan fingerprint density at radius 3 is 2.12 bits per heavy atom. The summed E-state index contributed by atoms with van der Waals surface area (Å²) in [5.74, 6) is 0.430. The third kappa shape index (κ3) is 8.60. The van der Waals surface area contributed by atoms with Gasteiger partial charge in [0, 0.05) is 0 Å². The highest BCUT2D eigenvalue weighted by atomic mass is 16.3. The number of hydrogen-bond acceptors (Lipinski definition) is 1. The molecule has 26 heavy (non-hydrogen) atoms. The van der Waals surface area contributed by atoms with Gasteiger partial charge >= 0.3 is 0 Å². The third-order valence-electron chi connectivity index (χ3n) is 6.14. The quantitative estimate of drug-likeness (QED) is 0.377. The van der Waals surface area contributed by atoms with Gasteiger partial charge in [0.05, 0.1) is 0 Å². The topological polar surface area (TPSA) is 20.2 Å². The van der Waals surface area contributed by atoms with Crippen molar-refractivity contribution in [1.82, 2.24) is 0 Å². The fourth-order valence-corrected chi connectivity index (χ4v) is 3.92. The van der Waals surface area contributed by atoms with Crippen LogP contribution >= 0.6 is 0 Å². The minimum Gasteiger partial charge on any atom is -0.508 e. The van der Waals surface area contributed by atoms with Crippen molar-refractivity contribution in [2.45, 2.75) is 111 Å². The molecule has 148 valence electrons. The van der Waals surface area contributed by atoms with Gasteiger partial charge < -0.3 is 5.11 Å². The summed E-state index contributed by atoms with van der Waals surface area (Å²) in [5, 5.41) is 9.87. The van der Waals surface area contributed by atoms with Crippen LogP contribution in [0, 0.1) is 10.8 Å². The number of unbranched alkanes of at least 4 members (excludes halogenated alkanes) is 5. The fraction of sp³-hybridized carbons (Fsp3) is 0.760. The lowest BCUT2D eigenvalue weighted by atomic mass is 9.89. The Hall–Kier alpha value is -0.980. The highest BCUT2D eigenvalue weighted by molar-refractivity contribution is 5.35. The Morgan fingerprint density at radius 1 is 0.846 bits per heavy atom. The van der Waals surface area contributed by atoms with E-state index >= 15 is 0 Å². The molecule has 2 rings (SSSR count). The van der Waals surface area contributed by atoms with Gasteiger partial charge in [-0.15, -0.1) is 0 Å². The number of aromatic hydroxyl groups is 1. The van der Waals surface area contributed by atoms with Gasteiger partial charge in [0.1, 0.15) is 5.75 Å². The summed E-state index contributed by atoms with van der Waals surface area (Å²) >= 11 is 0. The zero-order valence-corrected chi connectivity index (χ0v) is 17.9. The molecule has 1 saturated carbocycles. The van der Waals surface area contributed by atoms with Crippen LogP contribution in [0.4, 0.5) is 0 Å².